The first-order chi connectivity index (χ1) is 13.3. The molecule has 3 aromatic rings. The van der Waals surface area contributed by atoms with Gasteiger partial charge in [0, 0.05) is 33.3 Å². The Kier molecular flexibility index (Phi) is 6.56. The number of ether oxygens (including phenoxy) is 2. The summed E-state index contributed by atoms with van der Waals surface area (Å²) >= 11 is 2.29. The summed E-state index contributed by atoms with van der Waals surface area (Å²) in [6.07, 6.45) is 7.23. The van der Waals surface area contributed by atoms with Crippen molar-refractivity contribution < 1.29 is 9.47 Å². The Morgan fingerprint density at radius 3 is 2.71 bits per heavy atom. The van der Waals surface area contributed by atoms with Crippen LogP contribution in [0.25, 0.3) is 22.7 Å². The van der Waals surface area contributed by atoms with Crippen molar-refractivity contribution in [3.8, 4) is 5.95 Å². The van der Waals surface area contributed by atoms with E-state index in [1.165, 1.54) is 0 Å². The first-order valence-corrected chi connectivity index (χ1v) is 14.0. The monoisotopic (exact) mass is 511 g/mol. The van der Waals surface area contributed by atoms with Crippen LogP contribution in [0.2, 0.25) is 25.7 Å². The van der Waals surface area contributed by atoms with Crippen LogP contribution in [-0.2, 0) is 16.2 Å². The Morgan fingerprint density at radius 1 is 1.29 bits per heavy atom. The third kappa shape index (κ3) is 4.81. The highest BCUT2D eigenvalue weighted by atomic mass is 127. The SMILES string of the molecule is C=C(OCC)c1nc(-n2ccnc2)nc2c(I)cn(COCC[Si](C)(C)C)c12. The molecule has 0 unspecified atom stereocenters. The summed E-state index contributed by atoms with van der Waals surface area (Å²) in [5.41, 5.74) is 2.40. The van der Waals surface area contributed by atoms with Crippen molar-refractivity contribution in [1.29, 1.82) is 0 Å². The van der Waals surface area contributed by atoms with E-state index in [4.69, 9.17) is 19.4 Å². The second kappa shape index (κ2) is 8.74. The summed E-state index contributed by atoms with van der Waals surface area (Å²) in [5, 5.41) is 0. The zero-order valence-corrected chi connectivity index (χ0v) is 19.9. The van der Waals surface area contributed by atoms with Gasteiger partial charge >= 0.3 is 0 Å². The quantitative estimate of drug-likeness (QED) is 0.183. The molecule has 0 bridgehead atoms. The van der Waals surface area contributed by atoms with E-state index in [2.05, 4.69) is 53.8 Å². The fourth-order valence-electron chi connectivity index (χ4n) is 2.72. The standard InChI is InChI=1S/C19H26IN5O2Si/c1-6-27-14(2)16-18-17(23-19(22-16)24-8-7-21-12-24)15(20)11-25(18)13-26-9-10-28(3,4)5/h7-8,11-12H,2,6,9-10,13H2,1,3-5H3. The fourth-order valence-corrected chi connectivity index (χ4v) is 4.19. The van der Waals surface area contributed by atoms with Gasteiger partial charge in [-0.2, -0.15) is 0 Å². The Bertz CT molecular complexity index is 963. The molecule has 0 aliphatic carbocycles. The maximum atomic E-state index is 5.97. The lowest BCUT2D eigenvalue weighted by Crippen LogP contribution is -2.22. The number of hydrogen-bond acceptors (Lipinski definition) is 5. The molecule has 3 aromatic heterocycles. The van der Waals surface area contributed by atoms with Crippen molar-refractivity contribution in [2.45, 2.75) is 39.3 Å². The first-order valence-electron chi connectivity index (χ1n) is 9.24. The number of imidazole rings is 1. The molecule has 0 fully saturated rings. The van der Waals surface area contributed by atoms with Crippen molar-refractivity contribution in [3.05, 3.63) is 40.8 Å². The minimum atomic E-state index is -1.12. The highest BCUT2D eigenvalue weighted by Gasteiger charge is 2.20. The van der Waals surface area contributed by atoms with Crippen LogP contribution < -0.4 is 0 Å². The summed E-state index contributed by atoms with van der Waals surface area (Å²) in [4.78, 5) is 13.6. The van der Waals surface area contributed by atoms with Gasteiger partial charge in [0.2, 0.25) is 5.95 Å². The van der Waals surface area contributed by atoms with Crippen LogP contribution in [0.3, 0.4) is 0 Å². The summed E-state index contributed by atoms with van der Waals surface area (Å²) in [6.45, 7) is 14.8. The molecule has 150 valence electrons. The average Bonchev–Trinajstić information content (AvgIpc) is 3.26. The smallest absolute Gasteiger partial charge is 0.236 e. The molecule has 0 amide bonds. The first kappa shape index (κ1) is 21.0. The molecule has 28 heavy (non-hydrogen) atoms. The van der Waals surface area contributed by atoms with Crippen LogP contribution in [0.5, 0.6) is 0 Å². The van der Waals surface area contributed by atoms with Crippen LogP contribution in [0.1, 0.15) is 12.6 Å². The van der Waals surface area contributed by atoms with Gasteiger partial charge in [0.1, 0.15) is 30.0 Å². The van der Waals surface area contributed by atoms with E-state index in [0.29, 0.717) is 30.7 Å². The molecule has 0 aliphatic heterocycles. The minimum Gasteiger partial charge on any atom is -0.492 e. The Morgan fingerprint density at radius 2 is 2.07 bits per heavy atom. The van der Waals surface area contributed by atoms with E-state index in [1.807, 2.05) is 23.9 Å². The largest absolute Gasteiger partial charge is 0.492 e. The number of aromatic nitrogens is 5. The number of halogens is 1. The van der Waals surface area contributed by atoms with Crippen molar-refractivity contribution in [3.63, 3.8) is 0 Å². The predicted molar refractivity (Wildman–Crippen MR) is 122 cm³/mol. The number of hydrogen-bond donors (Lipinski definition) is 0. The van der Waals surface area contributed by atoms with Gasteiger partial charge in [-0.25, -0.2) is 15.0 Å². The van der Waals surface area contributed by atoms with E-state index in [0.717, 1.165) is 27.3 Å². The van der Waals surface area contributed by atoms with Gasteiger partial charge in [0.25, 0.3) is 0 Å². The molecule has 3 heterocycles. The van der Waals surface area contributed by atoms with E-state index in [9.17, 15) is 0 Å². The van der Waals surface area contributed by atoms with Crippen molar-refractivity contribution >= 4 is 47.5 Å². The van der Waals surface area contributed by atoms with Crippen molar-refractivity contribution in [2.75, 3.05) is 13.2 Å². The normalized spacial score (nSPS) is 11.9. The summed E-state index contributed by atoms with van der Waals surface area (Å²) in [5.74, 6) is 1.06. The van der Waals surface area contributed by atoms with Crippen molar-refractivity contribution in [1.82, 2.24) is 24.1 Å². The Labute approximate surface area is 179 Å². The average molecular weight is 511 g/mol. The van der Waals surface area contributed by atoms with Crippen LogP contribution in [0.4, 0.5) is 0 Å². The van der Waals surface area contributed by atoms with E-state index >= 15 is 0 Å². The second-order valence-corrected chi connectivity index (χ2v) is 14.5. The molecule has 0 atom stereocenters. The van der Waals surface area contributed by atoms with Crippen LogP contribution in [0, 0.1) is 3.57 Å². The molecule has 0 saturated heterocycles. The van der Waals surface area contributed by atoms with Crippen LogP contribution in [-0.4, -0.2) is 45.4 Å². The fraction of sp³-hybridized carbons (Fsp3) is 0.421. The van der Waals surface area contributed by atoms with Gasteiger partial charge in [-0.05, 0) is 35.6 Å². The zero-order valence-electron chi connectivity index (χ0n) is 16.8. The minimum absolute atomic E-state index is 0.449. The molecule has 0 aromatic carbocycles. The van der Waals surface area contributed by atoms with Gasteiger partial charge in [-0.1, -0.05) is 26.2 Å². The lowest BCUT2D eigenvalue weighted by molar-refractivity contribution is 0.0901. The summed E-state index contributed by atoms with van der Waals surface area (Å²) in [7, 11) is -1.12. The molecule has 9 heteroatoms. The molecular formula is C19H26IN5O2Si. The topological polar surface area (TPSA) is 67.0 Å². The highest BCUT2D eigenvalue weighted by molar-refractivity contribution is 14.1. The highest BCUT2D eigenvalue weighted by Crippen LogP contribution is 2.28. The second-order valence-electron chi connectivity index (χ2n) is 7.69. The van der Waals surface area contributed by atoms with Gasteiger partial charge in [-0.15, -0.1) is 0 Å². The van der Waals surface area contributed by atoms with Crippen LogP contribution in [0.15, 0.2) is 31.5 Å². The van der Waals surface area contributed by atoms with Gasteiger partial charge in [0.15, 0.2) is 0 Å². The van der Waals surface area contributed by atoms with Crippen LogP contribution >= 0.6 is 22.6 Å². The number of nitrogens with zero attached hydrogens (tertiary/aromatic N) is 5. The number of fused-ring (bicyclic) bond motifs is 1. The third-order valence-electron chi connectivity index (χ3n) is 4.20. The number of rotatable bonds is 9. The van der Waals surface area contributed by atoms with E-state index in [1.54, 1.807) is 17.1 Å². The summed E-state index contributed by atoms with van der Waals surface area (Å²) in [6, 6.07) is 1.13. The Hall–Kier alpha value is -1.72. The summed E-state index contributed by atoms with van der Waals surface area (Å²) < 4.78 is 16.5. The van der Waals surface area contributed by atoms with Gasteiger partial charge in [0.05, 0.1) is 15.7 Å². The Balaban J connectivity index is 2.00. The van der Waals surface area contributed by atoms with E-state index in [-0.39, 0.29) is 0 Å². The molecule has 3 rings (SSSR count). The maximum Gasteiger partial charge on any atom is 0.236 e. The molecule has 7 nitrogen and oxygen atoms in total. The van der Waals surface area contributed by atoms with Crippen molar-refractivity contribution in [2.24, 2.45) is 0 Å². The molecule has 0 spiro atoms. The predicted octanol–water partition coefficient (Wildman–Crippen LogP) is 4.54. The molecule has 0 radical (unpaired) electrons. The zero-order chi connectivity index (χ0) is 20.3. The van der Waals surface area contributed by atoms with Gasteiger partial charge in [-0.3, -0.25) is 4.57 Å². The third-order valence-corrected chi connectivity index (χ3v) is 6.69. The molecular weight excluding hydrogens is 485 g/mol. The van der Waals surface area contributed by atoms with E-state index < -0.39 is 8.07 Å². The molecule has 0 saturated carbocycles. The molecule has 0 aliphatic rings. The molecule has 0 N–H and O–H groups in total. The lowest BCUT2D eigenvalue weighted by atomic mass is 10.3. The van der Waals surface area contributed by atoms with Gasteiger partial charge < -0.3 is 14.0 Å². The maximum absolute atomic E-state index is 5.97. The lowest BCUT2D eigenvalue weighted by Gasteiger charge is -2.16.